The molecule has 3 rings (SSSR count). The normalized spacial score (nSPS) is 31.0. The molecule has 2 saturated carbocycles. The van der Waals surface area contributed by atoms with Crippen LogP contribution in [0.2, 0.25) is 0 Å². The van der Waals surface area contributed by atoms with Crippen molar-refractivity contribution in [3.63, 3.8) is 0 Å². The van der Waals surface area contributed by atoms with Crippen molar-refractivity contribution >= 4 is 18.1 Å². The fourth-order valence-corrected chi connectivity index (χ4v) is 5.99. The predicted octanol–water partition coefficient (Wildman–Crippen LogP) is 4.79. The number of amides is 1. The Labute approximate surface area is 178 Å². The van der Waals surface area contributed by atoms with E-state index in [9.17, 15) is 19.8 Å². The molecule has 6 heteroatoms. The largest absolute Gasteiger partial charge is 0.505 e. The highest BCUT2D eigenvalue weighted by Crippen LogP contribution is 2.62. The van der Waals surface area contributed by atoms with Crippen molar-refractivity contribution in [2.45, 2.75) is 59.3 Å². The van der Waals surface area contributed by atoms with Gasteiger partial charge in [0, 0.05) is 0 Å². The molecule has 2 fully saturated rings. The second kappa shape index (κ2) is 7.97. The fourth-order valence-electron chi connectivity index (χ4n) is 5.99. The van der Waals surface area contributed by atoms with E-state index in [1.165, 1.54) is 18.7 Å². The predicted molar refractivity (Wildman–Crippen MR) is 116 cm³/mol. The molecule has 2 aliphatic carbocycles. The first-order valence-electron chi connectivity index (χ1n) is 10.6. The lowest BCUT2D eigenvalue weighted by atomic mass is 9.46. The molecule has 3 N–H and O–H groups in total. The molecule has 1 aromatic rings. The number of esters is 1. The van der Waals surface area contributed by atoms with Gasteiger partial charge < -0.3 is 20.3 Å². The second-order valence-corrected chi connectivity index (χ2v) is 9.50. The topological polar surface area (TPSA) is 95.9 Å². The highest BCUT2D eigenvalue weighted by atomic mass is 16.5. The zero-order valence-corrected chi connectivity index (χ0v) is 18.4. The first-order valence-corrected chi connectivity index (χ1v) is 10.6. The van der Waals surface area contributed by atoms with Gasteiger partial charge in [-0.3, -0.25) is 4.79 Å². The molecule has 164 valence electrons. The van der Waals surface area contributed by atoms with E-state index >= 15 is 0 Å². The molecule has 0 aromatic heterocycles. The standard InChI is InChI=1S/C24H33NO5/c1-14-7-6-8-18-23(14,3)10-9-15(2)24(18,4)12-16-11-17(22(29)30-5)21(28)19(20(16)27)25-13-26/h11,13,15,18,27-28H,1,6-10,12H2,2-5H3,(H,25,26)/t15-,18+,23+,24+/m1/s1. The fraction of sp³-hybridized carbons (Fsp3) is 0.583. The van der Waals surface area contributed by atoms with Gasteiger partial charge in [-0.15, -0.1) is 0 Å². The van der Waals surface area contributed by atoms with Gasteiger partial charge in [0.25, 0.3) is 0 Å². The molecule has 0 bridgehead atoms. The van der Waals surface area contributed by atoms with Crippen molar-refractivity contribution in [1.29, 1.82) is 0 Å². The van der Waals surface area contributed by atoms with Gasteiger partial charge in [0.1, 0.15) is 17.0 Å². The molecular formula is C24H33NO5. The minimum absolute atomic E-state index is 0.0567. The van der Waals surface area contributed by atoms with Crippen molar-refractivity contribution in [2.24, 2.45) is 22.7 Å². The van der Waals surface area contributed by atoms with Gasteiger partial charge in [0.15, 0.2) is 5.75 Å². The average Bonchev–Trinajstić information content (AvgIpc) is 2.71. The summed E-state index contributed by atoms with van der Waals surface area (Å²) in [5.41, 5.74) is 1.51. The number of rotatable bonds is 5. The lowest BCUT2D eigenvalue weighted by Crippen LogP contribution is -2.51. The van der Waals surface area contributed by atoms with Gasteiger partial charge in [-0.1, -0.05) is 32.9 Å². The monoisotopic (exact) mass is 415 g/mol. The number of aromatic hydroxyl groups is 2. The summed E-state index contributed by atoms with van der Waals surface area (Å²) in [6, 6.07) is 1.49. The van der Waals surface area contributed by atoms with Crippen molar-refractivity contribution in [3.05, 3.63) is 29.3 Å². The molecule has 1 amide bonds. The first-order chi connectivity index (χ1) is 14.1. The Morgan fingerprint density at radius 2 is 2.03 bits per heavy atom. The van der Waals surface area contributed by atoms with Gasteiger partial charge in [-0.05, 0) is 72.8 Å². The van der Waals surface area contributed by atoms with Crippen molar-refractivity contribution in [2.75, 3.05) is 12.4 Å². The van der Waals surface area contributed by atoms with Crippen LogP contribution in [-0.4, -0.2) is 29.7 Å². The second-order valence-electron chi connectivity index (χ2n) is 9.50. The lowest BCUT2D eigenvalue weighted by molar-refractivity contribution is -0.105. The minimum atomic E-state index is -0.722. The van der Waals surface area contributed by atoms with E-state index in [0.29, 0.717) is 30.2 Å². The van der Waals surface area contributed by atoms with Gasteiger partial charge in [-0.25, -0.2) is 4.79 Å². The number of allylic oxidation sites excluding steroid dienone is 1. The summed E-state index contributed by atoms with van der Waals surface area (Å²) >= 11 is 0. The molecular weight excluding hydrogens is 382 g/mol. The van der Waals surface area contributed by atoms with Crippen LogP contribution in [-0.2, 0) is 16.0 Å². The van der Waals surface area contributed by atoms with Crippen LogP contribution in [0.15, 0.2) is 18.2 Å². The van der Waals surface area contributed by atoms with E-state index in [2.05, 4.69) is 32.7 Å². The molecule has 0 spiro atoms. The number of fused-ring (bicyclic) bond motifs is 1. The van der Waals surface area contributed by atoms with Crippen LogP contribution >= 0.6 is 0 Å². The van der Waals surface area contributed by atoms with Gasteiger partial charge in [-0.2, -0.15) is 0 Å². The summed E-state index contributed by atoms with van der Waals surface area (Å²) in [4.78, 5) is 23.3. The quantitative estimate of drug-likeness (QED) is 0.278. The molecule has 0 heterocycles. The zero-order chi connectivity index (χ0) is 22.3. The van der Waals surface area contributed by atoms with E-state index in [1.54, 1.807) is 0 Å². The maximum absolute atomic E-state index is 12.2. The first kappa shape index (κ1) is 22.2. The molecule has 2 aliphatic rings. The van der Waals surface area contributed by atoms with E-state index in [4.69, 9.17) is 4.74 Å². The van der Waals surface area contributed by atoms with Crippen LogP contribution in [0.5, 0.6) is 11.5 Å². The number of nitrogens with one attached hydrogen (secondary N) is 1. The Bertz CT molecular complexity index is 879. The number of phenolic OH excluding ortho intramolecular Hbond substituents is 2. The summed E-state index contributed by atoms with van der Waals surface area (Å²) in [7, 11) is 1.23. The molecule has 0 radical (unpaired) electrons. The van der Waals surface area contributed by atoms with Gasteiger partial charge in [0.05, 0.1) is 7.11 Å². The summed E-state index contributed by atoms with van der Waals surface area (Å²) in [5.74, 6) is -0.623. The summed E-state index contributed by atoms with van der Waals surface area (Å²) in [5, 5.41) is 23.6. The molecule has 6 nitrogen and oxygen atoms in total. The Morgan fingerprint density at radius 1 is 1.33 bits per heavy atom. The van der Waals surface area contributed by atoms with Crippen LogP contribution < -0.4 is 5.32 Å². The maximum atomic E-state index is 12.2. The van der Waals surface area contributed by atoms with Crippen LogP contribution in [0.3, 0.4) is 0 Å². The number of hydrogen-bond acceptors (Lipinski definition) is 5. The number of ether oxygens (including phenoxy) is 1. The molecule has 4 atom stereocenters. The molecule has 0 aliphatic heterocycles. The molecule has 1 aromatic carbocycles. The maximum Gasteiger partial charge on any atom is 0.341 e. The highest BCUT2D eigenvalue weighted by Gasteiger charge is 2.54. The third-order valence-electron chi connectivity index (χ3n) is 8.10. The van der Waals surface area contributed by atoms with Crippen molar-refractivity contribution < 1.29 is 24.5 Å². The van der Waals surface area contributed by atoms with Crippen LogP contribution in [0.4, 0.5) is 5.69 Å². The van der Waals surface area contributed by atoms with Crippen LogP contribution in [0, 0.1) is 22.7 Å². The number of anilines is 1. The highest BCUT2D eigenvalue weighted by molar-refractivity contribution is 5.97. The van der Waals surface area contributed by atoms with Crippen LogP contribution in [0.1, 0.15) is 68.8 Å². The van der Waals surface area contributed by atoms with E-state index in [-0.39, 0.29) is 27.8 Å². The Morgan fingerprint density at radius 3 is 2.67 bits per heavy atom. The Balaban J connectivity index is 2.11. The van der Waals surface area contributed by atoms with Gasteiger partial charge in [0.2, 0.25) is 6.41 Å². The third kappa shape index (κ3) is 3.36. The zero-order valence-electron chi connectivity index (χ0n) is 18.4. The summed E-state index contributed by atoms with van der Waals surface area (Å²) in [6.07, 6.45) is 6.32. The SMILES string of the molecule is C=C1CCC[C@@H]2[C@@](C)(Cc3cc(C(=O)OC)c(O)c(NC=O)c3O)[C@H](C)CC[C@@]12C. The average molecular weight is 416 g/mol. The Kier molecular flexibility index (Phi) is 5.89. The molecule has 0 unspecified atom stereocenters. The van der Waals surface area contributed by atoms with E-state index < -0.39 is 11.7 Å². The number of hydrogen-bond donors (Lipinski definition) is 3. The smallest absolute Gasteiger partial charge is 0.341 e. The van der Waals surface area contributed by atoms with E-state index in [1.807, 2.05) is 0 Å². The number of phenols is 2. The van der Waals surface area contributed by atoms with Crippen LogP contribution in [0.25, 0.3) is 0 Å². The molecule has 30 heavy (non-hydrogen) atoms. The van der Waals surface area contributed by atoms with Crippen molar-refractivity contribution in [3.8, 4) is 11.5 Å². The van der Waals surface area contributed by atoms with Gasteiger partial charge >= 0.3 is 5.97 Å². The van der Waals surface area contributed by atoms with Crippen molar-refractivity contribution in [1.82, 2.24) is 0 Å². The summed E-state index contributed by atoms with van der Waals surface area (Å²) in [6.45, 7) is 11.2. The lowest BCUT2D eigenvalue weighted by Gasteiger charge is -2.59. The number of benzene rings is 1. The molecule has 0 saturated heterocycles. The van der Waals surface area contributed by atoms with E-state index in [0.717, 1.165) is 32.1 Å². The number of carbonyl (C=O) groups is 2. The summed E-state index contributed by atoms with van der Waals surface area (Å²) < 4.78 is 4.79. The number of carbonyl (C=O) groups excluding carboxylic acids is 2. The number of methoxy groups -OCH3 is 1. The minimum Gasteiger partial charge on any atom is -0.505 e. The Hall–Kier alpha value is -2.50. The third-order valence-corrected chi connectivity index (χ3v) is 8.10.